The first kappa shape index (κ1) is 22.8. The van der Waals surface area contributed by atoms with Crippen LogP contribution in [0.2, 0.25) is 0 Å². The van der Waals surface area contributed by atoms with E-state index in [9.17, 15) is 40.2 Å². The largest absolute Gasteiger partial charge is 0.277 e. The summed E-state index contributed by atoms with van der Waals surface area (Å²) in [5, 5.41) is 42.6. The molecular weight excluding hydrogens is 508 g/mol. The Morgan fingerprint density at radius 3 is 0.850 bits per heavy atom. The van der Waals surface area contributed by atoms with E-state index in [1.54, 1.807) is 0 Å². The van der Waals surface area contributed by atoms with Crippen LogP contribution in [0.3, 0.4) is 0 Å². The van der Waals surface area contributed by atoms with Gasteiger partial charge in [-0.1, -0.05) is 0 Å². The molecule has 4 amide bonds. The van der Waals surface area contributed by atoms with E-state index < -0.39 is 23.6 Å². The highest BCUT2D eigenvalue weighted by atomic mass is 16.2. The summed E-state index contributed by atoms with van der Waals surface area (Å²) < 4.78 is 0. The van der Waals surface area contributed by atoms with E-state index in [0.29, 0.717) is 0 Å². The van der Waals surface area contributed by atoms with Gasteiger partial charge in [-0.25, -0.2) is 0 Å². The smallest absolute Gasteiger partial charge is 0.261 e. The fourth-order valence-corrected chi connectivity index (χ4v) is 6.25. The molecule has 10 heteroatoms. The minimum Gasteiger partial charge on any atom is -0.277 e. The highest BCUT2D eigenvalue weighted by Crippen LogP contribution is 2.50. The second-order valence-electron chi connectivity index (χ2n) is 9.67. The summed E-state index contributed by atoms with van der Waals surface area (Å²) in [6.45, 7) is 0. The Morgan fingerprint density at radius 2 is 0.650 bits per heavy atom. The number of amides is 4. The molecule has 0 saturated heterocycles. The van der Waals surface area contributed by atoms with E-state index in [4.69, 9.17) is 0 Å². The molecule has 0 spiro atoms. The van der Waals surface area contributed by atoms with Gasteiger partial charge in [0, 0.05) is 79.4 Å². The zero-order valence-corrected chi connectivity index (χ0v) is 20.6. The van der Waals surface area contributed by atoms with Crippen LogP contribution in [-0.2, 0) is 0 Å². The summed E-state index contributed by atoms with van der Waals surface area (Å²) in [6.07, 6.45) is 0. The maximum atomic E-state index is 13.2. The molecule has 2 aliphatic heterocycles. The molecule has 0 radical (unpaired) electrons. The van der Waals surface area contributed by atoms with Crippen molar-refractivity contribution < 1.29 is 19.2 Å². The molecule has 0 fully saturated rings. The van der Waals surface area contributed by atoms with Crippen molar-refractivity contribution >= 4 is 66.7 Å². The summed E-state index contributed by atoms with van der Waals surface area (Å²) in [5.41, 5.74) is 0.237. The Hall–Kier alpha value is -6.36. The predicted octanol–water partition coefficient (Wildman–Crippen LogP) is 3.68. The number of fused-ring (bicyclic) bond motifs is 2. The Balaban J connectivity index is 1.97. The van der Waals surface area contributed by atoms with E-state index in [1.165, 1.54) is 38.4 Å². The minimum absolute atomic E-state index is 0.00664. The van der Waals surface area contributed by atoms with Gasteiger partial charge in [-0.2, -0.15) is 21.0 Å². The summed E-state index contributed by atoms with van der Waals surface area (Å²) >= 11 is 0. The highest BCUT2D eigenvalue weighted by Gasteiger charge is 2.38. The van der Waals surface area contributed by atoms with Crippen LogP contribution in [0.4, 0.5) is 0 Å². The zero-order valence-electron chi connectivity index (χ0n) is 20.6. The average molecular weight is 518 g/mol. The summed E-state index contributed by atoms with van der Waals surface area (Å²) in [6, 6.07) is 13.7. The van der Waals surface area contributed by atoms with Crippen molar-refractivity contribution in [3.05, 3.63) is 68.8 Å². The van der Waals surface area contributed by atoms with Crippen molar-refractivity contribution in [1.29, 1.82) is 21.0 Å². The molecule has 5 aromatic carbocycles. The first-order valence-corrected chi connectivity index (χ1v) is 11.8. The number of rotatable bonds is 0. The number of carbonyl (C=O) groups is 4. The maximum Gasteiger partial charge on any atom is 0.261 e. The SMILES string of the molecule is CN1C(=O)c2cc(C#N)c3c4c(C#N)cc5c6c(cc(C#N)c(c7c(C#N)cc(c2c37)C1=O)c64)C(=O)N(C)C5=O. The fourth-order valence-electron chi connectivity index (χ4n) is 6.25. The third-order valence-corrected chi connectivity index (χ3v) is 7.93. The van der Waals surface area contributed by atoms with Crippen LogP contribution >= 0.6 is 0 Å². The van der Waals surface area contributed by atoms with Gasteiger partial charge in [0.05, 0.1) is 46.5 Å². The van der Waals surface area contributed by atoms with Crippen molar-refractivity contribution in [1.82, 2.24) is 9.80 Å². The molecule has 184 valence electrons. The minimum atomic E-state index is -0.646. The average Bonchev–Trinajstić information content (AvgIpc) is 2.98. The normalized spacial score (nSPS) is 14.2. The van der Waals surface area contributed by atoms with Gasteiger partial charge in [-0.3, -0.25) is 29.0 Å². The summed E-state index contributed by atoms with van der Waals surface area (Å²) in [7, 11) is 2.60. The molecule has 7 rings (SSSR count). The molecular formula is C30H10N6O4. The van der Waals surface area contributed by atoms with Gasteiger partial charge in [0.15, 0.2) is 0 Å². The Labute approximate surface area is 224 Å². The lowest BCUT2D eigenvalue weighted by atomic mass is 9.77. The van der Waals surface area contributed by atoms with Crippen LogP contribution in [0.15, 0.2) is 24.3 Å². The maximum absolute atomic E-state index is 13.2. The number of nitrogens with zero attached hydrogens (tertiary/aromatic N) is 6. The molecule has 0 atom stereocenters. The molecule has 0 saturated carbocycles. The molecule has 0 aromatic heterocycles. The fraction of sp³-hybridized carbons (Fsp3) is 0.0667. The van der Waals surface area contributed by atoms with E-state index in [2.05, 4.69) is 24.3 Å². The van der Waals surface area contributed by atoms with Gasteiger partial charge in [-0.05, 0) is 24.3 Å². The van der Waals surface area contributed by atoms with Gasteiger partial charge < -0.3 is 0 Å². The van der Waals surface area contributed by atoms with Gasteiger partial charge in [-0.15, -0.1) is 0 Å². The molecule has 40 heavy (non-hydrogen) atoms. The summed E-state index contributed by atoms with van der Waals surface area (Å²) in [4.78, 5) is 54.7. The van der Waals surface area contributed by atoms with Crippen LogP contribution in [0.5, 0.6) is 0 Å². The van der Waals surface area contributed by atoms with Crippen LogP contribution in [-0.4, -0.2) is 47.5 Å². The second kappa shape index (κ2) is 7.14. The summed E-state index contributed by atoms with van der Waals surface area (Å²) in [5.74, 6) is -2.58. The van der Waals surface area contributed by atoms with Gasteiger partial charge in [0.25, 0.3) is 23.6 Å². The lowest BCUT2D eigenvalue weighted by Crippen LogP contribution is -2.37. The molecule has 0 unspecified atom stereocenters. The number of hydrogen-bond acceptors (Lipinski definition) is 8. The van der Waals surface area contributed by atoms with Crippen molar-refractivity contribution in [3.8, 4) is 24.3 Å². The van der Waals surface area contributed by atoms with Crippen LogP contribution in [0, 0.1) is 45.3 Å². The molecule has 2 aliphatic rings. The van der Waals surface area contributed by atoms with Crippen LogP contribution in [0.1, 0.15) is 63.7 Å². The number of imide groups is 2. The molecule has 2 heterocycles. The number of nitriles is 4. The van der Waals surface area contributed by atoms with Crippen LogP contribution < -0.4 is 0 Å². The monoisotopic (exact) mass is 518 g/mol. The molecule has 0 N–H and O–H groups in total. The van der Waals surface area contributed by atoms with Crippen molar-refractivity contribution in [2.75, 3.05) is 14.1 Å². The Bertz CT molecular complexity index is 2050. The Kier molecular flexibility index (Phi) is 4.07. The molecule has 0 bridgehead atoms. The van der Waals surface area contributed by atoms with E-state index in [0.717, 1.165) is 9.80 Å². The van der Waals surface area contributed by atoms with Gasteiger partial charge in [0.1, 0.15) is 0 Å². The van der Waals surface area contributed by atoms with E-state index in [-0.39, 0.29) is 87.6 Å². The second-order valence-corrected chi connectivity index (χ2v) is 9.67. The standard InChI is InChI=1S/C30H10N6O4/c1-35-27(37)15-3-11(7-31)19-21-13(9-33)5-17-24-18(30(40)36(2)29(17)39)6-14(10-34)22(26(21)24)20-12(8-32)4-16(28(35)38)23(15)25(19)20/h3-6H,1-2H3. The molecule has 10 nitrogen and oxygen atoms in total. The quantitative estimate of drug-likeness (QED) is 0.170. The third kappa shape index (κ3) is 2.30. The number of hydrogen-bond donors (Lipinski definition) is 0. The zero-order chi connectivity index (χ0) is 28.4. The number of benzene rings is 5. The molecule has 5 aromatic rings. The highest BCUT2D eigenvalue weighted by molar-refractivity contribution is 6.43. The number of carbonyl (C=O) groups excluding carboxylic acids is 4. The lowest BCUT2D eigenvalue weighted by Gasteiger charge is -2.29. The molecule has 0 aliphatic carbocycles. The van der Waals surface area contributed by atoms with Gasteiger partial charge in [0.2, 0.25) is 0 Å². The Morgan fingerprint density at radius 1 is 0.425 bits per heavy atom. The third-order valence-electron chi connectivity index (χ3n) is 7.93. The van der Waals surface area contributed by atoms with Gasteiger partial charge >= 0.3 is 0 Å². The predicted molar refractivity (Wildman–Crippen MR) is 139 cm³/mol. The van der Waals surface area contributed by atoms with Crippen molar-refractivity contribution in [2.24, 2.45) is 0 Å². The van der Waals surface area contributed by atoms with Crippen molar-refractivity contribution in [3.63, 3.8) is 0 Å². The topological polar surface area (TPSA) is 170 Å². The van der Waals surface area contributed by atoms with Crippen molar-refractivity contribution in [2.45, 2.75) is 0 Å². The first-order chi connectivity index (χ1) is 19.2. The van der Waals surface area contributed by atoms with E-state index in [1.807, 2.05) is 0 Å². The van der Waals surface area contributed by atoms with Crippen LogP contribution in [0.25, 0.3) is 43.1 Å². The lowest BCUT2D eigenvalue weighted by molar-refractivity contribution is 0.0635. The van der Waals surface area contributed by atoms with E-state index >= 15 is 0 Å². The first-order valence-electron chi connectivity index (χ1n) is 11.8.